The average molecular weight is 455 g/mol. The quantitative estimate of drug-likeness (QED) is 0.423. The number of carbonyl (C=O) groups excluding carboxylic acids is 1. The van der Waals surface area contributed by atoms with E-state index >= 15 is 0 Å². The number of anilines is 1. The smallest absolute Gasteiger partial charge is 0.277 e. The van der Waals surface area contributed by atoms with Crippen LogP contribution in [0.5, 0.6) is 0 Å². The number of thioether (sulfide) groups is 1. The number of nitrogens with zero attached hydrogens (tertiary/aromatic N) is 3. The van der Waals surface area contributed by atoms with Crippen LogP contribution in [0.25, 0.3) is 22.4 Å². The molecule has 6 nitrogen and oxygen atoms in total. The van der Waals surface area contributed by atoms with Gasteiger partial charge in [0.15, 0.2) is 0 Å². The molecule has 0 aliphatic rings. The molecule has 2 aromatic carbocycles. The highest BCUT2D eigenvalue weighted by Crippen LogP contribution is 2.26. The molecule has 0 radical (unpaired) electrons. The van der Waals surface area contributed by atoms with Gasteiger partial charge in [-0.2, -0.15) is 0 Å². The lowest BCUT2D eigenvalue weighted by atomic mass is 10.1. The van der Waals surface area contributed by atoms with Crippen molar-refractivity contribution in [1.29, 1.82) is 0 Å². The molecule has 4 aromatic rings. The lowest BCUT2D eigenvalue weighted by Crippen LogP contribution is -2.14. The molecule has 2 aromatic heterocycles. The summed E-state index contributed by atoms with van der Waals surface area (Å²) in [6, 6.07) is 17.2. The number of para-hydroxylation sites is 1. The summed E-state index contributed by atoms with van der Waals surface area (Å²) in [4.78, 5) is 16.9. The van der Waals surface area contributed by atoms with Gasteiger partial charge in [0.05, 0.1) is 17.0 Å². The van der Waals surface area contributed by atoms with E-state index in [9.17, 15) is 4.79 Å². The molecule has 0 atom stereocenters. The molecular formula is C20H15BrN4O2S. The minimum atomic E-state index is -0.150. The largest absolute Gasteiger partial charge is 0.411 e. The first kappa shape index (κ1) is 18.6. The number of hydrogen-bond acceptors (Lipinski definition) is 6. The second-order valence-electron chi connectivity index (χ2n) is 6.05. The number of halogens is 1. The van der Waals surface area contributed by atoms with Gasteiger partial charge >= 0.3 is 0 Å². The molecule has 0 spiro atoms. The van der Waals surface area contributed by atoms with Crippen molar-refractivity contribution in [3.05, 3.63) is 64.8 Å². The molecule has 28 heavy (non-hydrogen) atoms. The van der Waals surface area contributed by atoms with E-state index in [-0.39, 0.29) is 11.7 Å². The first-order chi connectivity index (χ1) is 13.6. The number of fused-ring (bicyclic) bond motifs is 1. The molecule has 0 saturated carbocycles. The number of carbonyl (C=O) groups is 1. The van der Waals surface area contributed by atoms with Crippen molar-refractivity contribution >= 4 is 50.2 Å². The Labute approximate surface area is 173 Å². The summed E-state index contributed by atoms with van der Waals surface area (Å²) in [7, 11) is 0. The van der Waals surface area contributed by atoms with Gasteiger partial charge in [-0.15, -0.1) is 10.2 Å². The van der Waals surface area contributed by atoms with Crippen LogP contribution in [0.3, 0.4) is 0 Å². The van der Waals surface area contributed by atoms with Gasteiger partial charge in [-0.3, -0.25) is 9.78 Å². The topological polar surface area (TPSA) is 80.9 Å². The van der Waals surface area contributed by atoms with Crippen LogP contribution in [0.2, 0.25) is 0 Å². The number of aryl methyl sites for hydroxylation is 1. The first-order valence-electron chi connectivity index (χ1n) is 8.47. The molecule has 4 rings (SSSR count). The molecule has 0 saturated heterocycles. The maximum Gasteiger partial charge on any atom is 0.277 e. The predicted molar refractivity (Wildman–Crippen MR) is 113 cm³/mol. The van der Waals surface area contributed by atoms with Gasteiger partial charge in [0, 0.05) is 21.1 Å². The predicted octanol–water partition coefficient (Wildman–Crippen LogP) is 5.09. The Morgan fingerprint density at radius 3 is 2.86 bits per heavy atom. The van der Waals surface area contributed by atoms with Crippen LogP contribution < -0.4 is 5.32 Å². The lowest BCUT2D eigenvalue weighted by molar-refractivity contribution is -0.113. The fourth-order valence-corrected chi connectivity index (χ4v) is 3.69. The molecule has 2 heterocycles. The van der Waals surface area contributed by atoms with Crippen LogP contribution in [0.1, 0.15) is 5.69 Å². The van der Waals surface area contributed by atoms with E-state index in [1.807, 2.05) is 61.5 Å². The number of hydrogen-bond donors (Lipinski definition) is 1. The van der Waals surface area contributed by atoms with Crippen molar-refractivity contribution in [2.75, 3.05) is 11.1 Å². The van der Waals surface area contributed by atoms with E-state index in [0.29, 0.717) is 11.1 Å². The van der Waals surface area contributed by atoms with E-state index in [1.54, 1.807) is 0 Å². The summed E-state index contributed by atoms with van der Waals surface area (Å²) < 4.78 is 6.57. The number of aromatic nitrogens is 3. The summed E-state index contributed by atoms with van der Waals surface area (Å²) in [5.41, 5.74) is 3.25. The lowest BCUT2D eigenvalue weighted by Gasteiger charge is -2.09. The molecule has 0 aliphatic carbocycles. The van der Waals surface area contributed by atoms with E-state index in [1.165, 1.54) is 11.8 Å². The van der Waals surface area contributed by atoms with E-state index in [0.717, 1.165) is 32.3 Å². The van der Waals surface area contributed by atoms with Gasteiger partial charge in [0.25, 0.3) is 5.22 Å². The number of amides is 1. The molecule has 1 amide bonds. The van der Waals surface area contributed by atoms with Crippen molar-refractivity contribution in [2.45, 2.75) is 12.1 Å². The molecule has 0 aliphatic heterocycles. The Bertz CT molecular complexity index is 1160. The Morgan fingerprint density at radius 2 is 2.00 bits per heavy atom. The molecule has 1 N–H and O–H groups in total. The number of pyridine rings is 1. The first-order valence-corrected chi connectivity index (χ1v) is 10.2. The summed E-state index contributed by atoms with van der Waals surface area (Å²) in [6.07, 6.45) is 0. The fraction of sp³-hybridized carbons (Fsp3) is 0.100. The zero-order valence-corrected chi connectivity index (χ0v) is 17.3. The van der Waals surface area contributed by atoms with Crippen molar-refractivity contribution in [3.63, 3.8) is 0 Å². The second-order valence-corrected chi connectivity index (χ2v) is 7.89. The van der Waals surface area contributed by atoms with Gasteiger partial charge in [0.2, 0.25) is 11.8 Å². The minimum absolute atomic E-state index is 0.150. The second kappa shape index (κ2) is 8.12. The zero-order chi connectivity index (χ0) is 19.5. The van der Waals surface area contributed by atoms with Gasteiger partial charge in [0.1, 0.15) is 0 Å². The molecule has 0 unspecified atom stereocenters. The molecule has 0 bridgehead atoms. The SMILES string of the molecule is Cc1cc(NC(=O)CSc2nnc(-c3cccc(Br)c3)o2)c2ccccc2n1. The zero-order valence-electron chi connectivity index (χ0n) is 14.8. The Hall–Kier alpha value is -2.71. The van der Waals surface area contributed by atoms with Crippen molar-refractivity contribution < 1.29 is 9.21 Å². The normalized spacial score (nSPS) is 10.9. The summed E-state index contributed by atoms with van der Waals surface area (Å²) in [5.74, 6) is 0.429. The van der Waals surface area contributed by atoms with Crippen LogP contribution in [0.4, 0.5) is 5.69 Å². The molecule has 8 heteroatoms. The summed E-state index contributed by atoms with van der Waals surface area (Å²) in [6.45, 7) is 1.90. The van der Waals surface area contributed by atoms with Crippen LogP contribution in [0.15, 0.2) is 68.7 Å². The number of rotatable bonds is 5. The minimum Gasteiger partial charge on any atom is -0.411 e. The van der Waals surface area contributed by atoms with Crippen molar-refractivity contribution in [2.24, 2.45) is 0 Å². The monoisotopic (exact) mass is 454 g/mol. The van der Waals surface area contributed by atoms with Crippen LogP contribution in [-0.4, -0.2) is 26.8 Å². The highest BCUT2D eigenvalue weighted by atomic mass is 79.9. The Morgan fingerprint density at radius 1 is 1.14 bits per heavy atom. The Kier molecular flexibility index (Phi) is 5.40. The number of nitrogens with one attached hydrogen (secondary N) is 1. The van der Waals surface area contributed by atoms with E-state index in [4.69, 9.17) is 4.42 Å². The van der Waals surface area contributed by atoms with Gasteiger partial charge < -0.3 is 9.73 Å². The highest BCUT2D eigenvalue weighted by Gasteiger charge is 2.13. The van der Waals surface area contributed by atoms with Crippen molar-refractivity contribution in [3.8, 4) is 11.5 Å². The summed E-state index contributed by atoms with van der Waals surface area (Å²) >= 11 is 4.61. The van der Waals surface area contributed by atoms with Gasteiger partial charge in [-0.05, 0) is 37.3 Å². The Balaban J connectivity index is 1.43. The van der Waals surface area contributed by atoms with Gasteiger partial charge in [-0.25, -0.2) is 0 Å². The third-order valence-electron chi connectivity index (χ3n) is 3.92. The molecule has 0 fully saturated rings. The van der Waals surface area contributed by atoms with Crippen LogP contribution in [-0.2, 0) is 4.79 Å². The summed E-state index contributed by atoms with van der Waals surface area (Å²) in [5, 5.41) is 12.2. The maximum atomic E-state index is 12.4. The molecular weight excluding hydrogens is 440 g/mol. The number of benzene rings is 2. The third kappa shape index (κ3) is 4.23. The van der Waals surface area contributed by atoms with Gasteiger partial charge in [-0.1, -0.05) is 52.0 Å². The average Bonchev–Trinajstić information content (AvgIpc) is 3.15. The van der Waals surface area contributed by atoms with Crippen molar-refractivity contribution in [1.82, 2.24) is 15.2 Å². The molecule has 140 valence electrons. The third-order valence-corrected chi connectivity index (χ3v) is 5.23. The van der Waals surface area contributed by atoms with E-state index < -0.39 is 0 Å². The van der Waals surface area contributed by atoms with Crippen LogP contribution in [0, 0.1) is 6.92 Å². The maximum absolute atomic E-state index is 12.4. The fourth-order valence-electron chi connectivity index (χ4n) is 2.73. The highest BCUT2D eigenvalue weighted by molar-refractivity contribution is 9.10. The van der Waals surface area contributed by atoms with Crippen LogP contribution >= 0.6 is 27.7 Å². The van der Waals surface area contributed by atoms with E-state index in [2.05, 4.69) is 36.4 Å². The standard InChI is InChI=1S/C20H15BrN4O2S/c1-12-9-17(15-7-2-3-8-16(15)22-12)23-18(26)11-28-20-25-24-19(27-20)13-5-4-6-14(21)10-13/h2-10H,11H2,1H3,(H,22,23,26).